The Morgan fingerprint density at radius 1 is 1.30 bits per heavy atom. The minimum absolute atomic E-state index is 0.0251. The number of nitrogens with zero attached hydrogens (tertiary/aromatic N) is 4. The number of carbonyl (C=O) groups is 2. The molecular formula is C20H26FN5O4. The molecule has 1 N–H and O–H groups in total. The maximum atomic E-state index is 14.0. The van der Waals surface area contributed by atoms with E-state index in [1.807, 2.05) is 30.3 Å². The second-order valence-electron chi connectivity index (χ2n) is 7.09. The fourth-order valence-electron chi connectivity index (χ4n) is 3.32. The fraction of sp³-hybridized carbons (Fsp3) is 0.500. The van der Waals surface area contributed by atoms with Crippen molar-refractivity contribution >= 4 is 11.8 Å². The third-order valence-electron chi connectivity index (χ3n) is 4.78. The number of methoxy groups -OCH3 is 1. The van der Waals surface area contributed by atoms with Gasteiger partial charge < -0.3 is 19.7 Å². The van der Waals surface area contributed by atoms with Gasteiger partial charge >= 0.3 is 0 Å². The van der Waals surface area contributed by atoms with Gasteiger partial charge in [-0.25, -0.2) is 9.07 Å². The molecule has 1 aromatic heterocycles. The van der Waals surface area contributed by atoms with Crippen LogP contribution in [0, 0.1) is 0 Å². The molecule has 0 aliphatic carbocycles. The predicted molar refractivity (Wildman–Crippen MR) is 105 cm³/mol. The molecule has 2 atom stereocenters. The van der Waals surface area contributed by atoms with E-state index in [2.05, 4.69) is 15.6 Å². The Bertz CT molecular complexity index is 832. The first kappa shape index (κ1) is 21.8. The molecule has 0 spiro atoms. The van der Waals surface area contributed by atoms with Crippen LogP contribution in [0.2, 0.25) is 0 Å². The van der Waals surface area contributed by atoms with Crippen molar-refractivity contribution in [1.29, 1.82) is 0 Å². The minimum atomic E-state index is -1.10. The summed E-state index contributed by atoms with van der Waals surface area (Å²) in [5, 5.41) is 10.4. The van der Waals surface area contributed by atoms with Crippen LogP contribution in [-0.2, 0) is 27.4 Å². The number of rotatable bonds is 10. The molecule has 162 valence electrons. The summed E-state index contributed by atoms with van der Waals surface area (Å²) < 4.78 is 25.9. The number of nitrogens with one attached hydrogen (secondary N) is 1. The number of ether oxygens (including phenoxy) is 2. The van der Waals surface area contributed by atoms with Gasteiger partial charge in [0.2, 0.25) is 5.91 Å². The van der Waals surface area contributed by atoms with Gasteiger partial charge in [0.25, 0.3) is 5.91 Å². The summed E-state index contributed by atoms with van der Waals surface area (Å²) in [4.78, 5) is 26.0. The Hall–Kier alpha value is -2.85. The van der Waals surface area contributed by atoms with E-state index in [-0.39, 0.29) is 49.7 Å². The summed E-state index contributed by atoms with van der Waals surface area (Å²) in [6.07, 6.45) is 0.593. The lowest BCUT2D eigenvalue weighted by molar-refractivity contribution is -0.137. The summed E-state index contributed by atoms with van der Waals surface area (Å²) in [5.41, 5.74) is 1.12. The van der Waals surface area contributed by atoms with E-state index in [9.17, 15) is 14.0 Å². The molecular weight excluding hydrogens is 393 g/mol. The molecule has 9 nitrogen and oxygen atoms in total. The van der Waals surface area contributed by atoms with Crippen LogP contribution in [0.5, 0.6) is 0 Å². The van der Waals surface area contributed by atoms with Crippen molar-refractivity contribution in [2.24, 2.45) is 0 Å². The Morgan fingerprint density at radius 2 is 2.10 bits per heavy atom. The highest BCUT2D eigenvalue weighted by molar-refractivity contribution is 5.91. The smallest absolute Gasteiger partial charge is 0.273 e. The molecule has 10 heteroatoms. The van der Waals surface area contributed by atoms with Crippen LogP contribution in [0.4, 0.5) is 4.39 Å². The van der Waals surface area contributed by atoms with E-state index in [4.69, 9.17) is 9.47 Å². The SMILES string of the molecule is COCCNC(=O)c1cn(CC2CC(F)CN2C(=O)COCc2ccccc2)nn1. The van der Waals surface area contributed by atoms with E-state index in [0.29, 0.717) is 19.8 Å². The van der Waals surface area contributed by atoms with Crippen LogP contribution >= 0.6 is 0 Å². The van der Waals surface area contributed by atoms with Crippen LogP contribution in [-0.4, -0.2) is 77.3 Å². The Labute approximate surface area is 174 Å². The Balaban J connectivity index is 1.52. The summed E-state index contributed by atoms with van der Waals surface area (Å²) >= 11 is 0. The summed E-state index contributed by atoms with van der Waals surface area (Å²) in [5.74, 6) is -0.635. The first-order chi connectivity index (χ1) is 14.6. The zero-order valence-corrected chi connectivity index (χ0v) is 16.9. The average Bonchev–Trinajstić information content (AvgIpc) is 3.35. The van der Waals surface area contributed by atoms with E-state index in [0.717, 1.165) is 5.56 Å². The number of aromatic nitrogens is 3. The van der Waals surface area contributed by atoms with E-state index in [1.54, 1.807) is 7.11 Å². The Morgan fingerprint density at radius 3 is 2.87 bits per heavy atom. The molecule has 3 rings (SSSR count). The van der Waals surface area contributed by atoms with Gasteiger partial charge in [0.1, 0.15) is 12.8 Å². The van der Waals surface area contributed by atoms with Crippen molar-refractivity contribution in [3.05, 3.63) is 47.8 Å². The number of alkyl halides is 1. The third-order valence-corrected chi connectivity index (χ3v) is 4.78. The van der Waals surface area contributed by atoms with Crippen molar-refractivity contribution in [2.45, 2.75) is 31.8 Å². The summed E-state index contributed by atoms with van der Waals surface area (Å²) in [6, 6.07) is 9.15. The van der Waals surface area contributed by atoms with Crippen molar-refractivity contribution in [3.8, 4) is 0 Å². The second kappa shape index (κ2) is 10.8. The van der Waals surface area contributed by atoms with Crippen LogP contribution in [0.15, 0.2) is 36.5 Å². The molecule has 2 heterocycles. The molecule has 1 aromatic carbocycles. The molecule has 1 aliphatic rings. The zero-order valence-electron chi connectivity index (χ0n) is 16.9. The highest BCUT2D eigenvalue weighted by Crippen LogP contribution is 2.22. The van der Waals surface area contributed by atoms with E-state index < -0.39 is 6.17 Å². The second-order valence-corrected chi connectivity index (χ2v) is 7.09. The van der Waals surface area contributed by atoms with Crippen molar-refractivity contribution in [2.75, 3.05) is 33.4 Å². The lowest BCUT2D eigenvalue weighted by atomic mass is 10.2. The first-order valence-corrected chi connectivity index (χ1v) is 9.79. The van der Waals surface area contributed by atoms with Gasteiger partial charge in [-0.15, -0.1) is 5.10 Å². The number of amides is 2. The zero-order chi connectivity index (χ0) is 21.3. The van der Waals surface area contributed by atoms with Crippen LogP contribution in [0.3, 0.4) is 0 Å². The molecule has 1 saturated heterocycles. The van der Waals surface area contributed by atoms with Gasteiger partial charge in [0.05, 0.1) is 38.5 Å². The van der Waals surface area contributed by atoms with Gasteiger partial charge in [-0.3, -0.25) is 9.59 Å². The Kier molecular flexibility index (Phi) is 7.86. The van der Waals surface area contributed by atoms with E-state index in [1.165, 1.54) is 15.8 Å². The molecule has 2 aromatic rings. The lowest BCUT2D eigenvalue weighted by Crippen LogP contribution is -2.40. The average molecular weight is 419 g/mol. The number of hydrogen-bond donors (Lipinski definition) is 1. The molecule has 0 bridgehead atoms. The van der Waals surface area contributed by atoms with Crippen LogP contribution in [0.1, 0.15) is 22.5 Å². The molecule has 1 aliphatic heterocycles. The number of hydrogen-bond acceptors (Lipinski definition) is 6. The van der Waals surface area contributed by atoms with Crippen molar-refractivity contribution in [1.82, 2.24) is 25.2 Å². The number of benzene rings is 1. The maximum absolute atomic E-state index is 14.0. The molecule has 0 radical (unpaired) electrons. The largest absolute Gasteiger partial charge is 0.383 e. The maximum Gasteiger partial charge on any atom is 0.273 e. The standard InChI is InChI=1S/C20H26FN5O4/c1-29-8-7-22-20(28)18-12-25(24-23-18)11-17-9-16(21)10-26(17)19(27)14-30-13-15-5-3-2-4-6-15/h2-6,12,16-17H,7-11,13-14H2,1H3,(H,22,28). The molecule has 2 unspecified atom stereocenters. The van der Waals surface area contributed by atoms with Gasteiger partial charge in [-0.2, -0.15) is 0 Å². The summed E-state index contributed by atoms with van der Waals surface area (Å²) in [7, 11) is 1.54. The van der Waals surface area contributed by atoms with Crippen molar-refractivity contribution < 1.29 is 23.5 Å². The molecule has 0 saturated carbocycles. The van der Waals surface area contributed by atoms with Gasteiger partial charge in [-0.1, -0.05) is 35.5 Å². The summed E-state index contributed by atoms with van der Waals surface area (Å²) in [6.45, 7) is 1.22. The molecule has 1 fully saturated rings. The highest BCUT2D eigenvalue weighted by Gasteiger charge is 2.35. The van der Waals surface area contributed by atoms with Crippen molar-refractivity contribution in [3.63, 3.8) is 0 Å². The van der Waals surface area contributed by atoms with E-state index >= 15 is 0 Å². The molecule has 2 amide bonds. The molecule has 30 heavy (non-hydrogen) atoms. The first-order valence-electron chi connectivity index (χ1n) is 9.79. The number of likely N-dealkylation sites (tertiary alicyclic amines) is 1. The number of carbonyl (C=O) groups excluding carboxylic acids is 2. The predicted octanol–water partition coefficient (Wildman–Crippen LogP) is 0.810. The normalized spacial score (nSPS) is 18.5. The monoisotopic (exact) mass is 419 g/mol. The van der Waals surface area contributed by atoms with Gasteiger partial charge in [0.15, 0.2) is 5.69 Å². The lowest BCUT2D eigenvalue weighted by Gasteiger charge is -2.24. The van der Waals surface area contributed by atoms with Gasteiger partial charge in [0, 0.05) is 20.1 Å². The third kappa shape index (κ3) is 6.07. The number of halogens is 1. The topological polar surface area (TPSA) is 98.6 Å². The van der Waals surface area contributed by atoms with Crippen LogP contribution < -0.4 is 5.32 Å². The fourth-order valence-corrected chi connectivity index (χ4v) is 3.32. The van der Waals surface area contributed by atoms with Gasteiger partial charge in [-0.05, 0) is 5.56 Å². The minimum Gasteiger partial charge on any atom is -0.383 e. The quantitative estimate of drug-likeness (QED) is 0.573. The van der Waals surface area contributed by atoms with Crippen LogP contribution in [0.25, 0.3) is 0 Å². The highest BCUT2D eigenvalue weighted by atomic mass is 19.1.